The Morgan fingerprint density at radius 1 is 0.348 bits per heavy atom. The first-order valence-corrected chi connectivity index (χ1v) is 56.5. The van der Waals surface area contributed by atoms with Crippen LogP contribution in [0.1, 0.15) is 200 Å². The van der Waals surface area contributed by atoms with Crippen molar-refractivity contribution in [2.24, 2.45) is 0 Å². The minimum atomic E-state index is -2.38. The van der Waals surface area contributed by atoms with Crippen LogP contribution in [0.5, 0.6) is 0 Å². The molecular weight excluding hydrogens is 1350 g/mol. The van der Waals surface area contributed by atoms with E-state index in [4.69, 9.17) is 8.92 Å². The van der Waals surface area contributed by atoms with Gasteiger partial charge in [-0.05, 0) is 69.0 Å². The van der Waals surface area contributed by atoms with E-state index in [2.05, 4.69) is 169 Å². The molecule has 0 aliphatic carbocycles. The molecule has 4 aromatic heterocycles. The topological polar surface area (TPSA) is 0 Å². The monoisotopic (exact) mass is 1450 g/mol. The Bertz CT molecular complexity index is 1690. The van der Waals surface area contributed by atoms with Crippen molar-refractivity contribution in [2.75, 3.05) is 0 Å². The maximum absolute atomic E-state index is 6.89. The first-order chi connectivity index (χ1) is 31.6. The number of hydrogen-bond donors (Lipinski definition) is 0. The van der Waals surface area contributed by atoms with Gasteiger partial charge in [0.1, 0.15) is 0 Å². The third-order valence-electron chi connectivity index (χ3n) is 14.1. The summed E-state index contributed by atoms with van der Waals surface area (Å²) in [5.74, 6) is 0. The number of aryl methyl sites for hydroxylation is 4. The Hall–Kier alpha value is 2.45. The summed E-state index contributed by atoms with van der Waals surface area (Å²) in [7, 11) is 6.89. The summed E-state index contributed by atoms with van der Waals surface area (Å²) in [6.07, 6.45) is 25.1. The molecule has 0 fully saturated rings. The second-order valence-electron chi connectivity index (χ2n) is 20.0. The van der Waals surface area contributed by atoms with Gasteiger partial charge in [-0.25, -0.2) is 0 Å². The van der Waals surface area contributed by atoms with Crippen molar-refractivity contribution in [2.45, 2.75) is 246 Å². The van der Waals surface area contributed by atoms with Crippen LogP contribution >= 0.6 is 86.1 Å². The molecule has 4 aromatic rings. The second-order valence-corrected chi connectivity index (χ2v) is 71.5. The van der Waals surface area contributed by atoms with Crippen LogP contribution in [0.3, 0.4) is 0 Å². The van der Waals surface area contributed by atoms with Gasteiger partial charge in [0.2, 0.25) is 0 Å². The van der Waals surface area contributed by atoms with Crippen molar-refractivity contribution < 1.29 is 0 Å². The minimum Gasteiger partial charge on any atom is -0.127 e. The van der Waals surface area contributed by atoms with E-state index in [0.717, 1.165) is 0 Å². The van der Waals surface area contributed by atoms with E-state index in [1.54, 1.807) is 70.2 Å². The van der Waals surface area contributed by atoms with Gasteiger partial charge in [0.15, 0.2) is 0 Å². The summed E-state index contributed by atoms with van der Waals surface area (Å²) in [4.78, 5) is 6.09. The van der Waals surface area contributed by atoms with Gasteiger partial charge in [0, 0.05) is 9.75 Å². The standard InChI is InChI=1S/C10H8Br2S2.C10H8S2.9C4H9.ClH.3Sn/c1-5-3-7(11)13-9(5)10-6(2)4-8(12)14-10;1-7-3-5-11-9(7)10-8(2)4-6-12-10;9*1-3-4-2;;;;/h3-4H,1-2H3;3-4H,1-2H3;9*1,3-4H2,2H3;1H;;;/q;;;;;;;;;;;;;;+1/p-1. The van der Waals surface area contributed by atoms with Crippen molar-refractivity contribution in [3.63, 3.8) is 0 Å². The van der Waals surface area contributed by atoms with Crippen LogP contribution in [0.2, 0.25) is 39.9 Å². The molecule has 0 radical (unpaired) electrons. The summed E-state index contributed by atoms with van der Waals surface area (Å²) in [5, 5.41) is 0. The normalized spacial score (nSPS) is 12.1. The largest absolute Gasteiger partial charge is 0.127 e. The molecule has 0 saturated heterocycles. The fourth-order valence-electron chi connectivity index (χ4n) is 9.71. The number of rotatable bonds is 31. The predicted octanol–water partition coefficient (Wildman–Crippen LogP) is 23.4. The molecule has 0 aromatic carbocycles. The van der Waals surface area contributed by atoms with E-state index in [-0.39, 0.29) is 0 Å². The van der Waals surface area contributed by atoms with Gasteiger partial charge < -0.3 is 0 Å². The average molecular weight is 1450 g/mol. The first kappa shape index (κ1) is 64.6. The van der Waals surface area contributed by atoms with Crippen molar-refractivity contribution in [1.82, 2.24) is 0 Å². The van der Waals surface area contributed by atoms with Crippen LogP contribution < -0.4 is 5.79 Å². The molecular formula is C56H97Br2ClS4Sn3. The van der Waals surface area contributed by atoms with E-state index < -0.39 is 54.0 Å². The minimum absolute atomic E-state index is 1.20. The SMILES string of the molecule is CCC[CH2][Sn]([CH2]CCC)([CH2]CCC)[c]1cc(C)c(-c2s[c]([Sn]([CH2]CCC)([CH2]CCC)[CH2]CCC)cc2C)s1.CCC[CH2][Sn]([Cl])([CH2]CCC)[CH2]CCC.Cc1cc(Br)sc1-c1sc(Br)cc1C. The molecule has 378 valence electrons. The first-order valence-electron chi connectivity index (χ1n) is 27.1. The van der Waals surface area contributed by atoms with Crippen molar-refractivity contribution in [3.8, 4) is 19.5 Å². The third kappa shape index (κ3) is 21.4. The number of thiophene rings is 4. The van der Waals surface area contributed by atoms with Gasteiger partial charge in [-0.15, -0.1) is 22.7 Å². The van der Waals surface area contributed by atoms with Gasteiger partial charge in [0.25, 0.3) is 0 Å². The molecule has 0 bridgehead atoms. The van der Waals surface area contributed by atoms with Gasteiger partial charge in [-0.2, -0.15) is 0 Å². The number of halogens is 3. The Kier molecular flexibility index (Phi) is 34.8. The zero-order valence-electron chi connectivity index (χ0n) is 44.7. The fourth-order valence-corrected chi connectivity index (χ4v) is 67.9. The molecule has 0 aliphatic heterocycles. The maximum atomic E-state index is 6.89. The molecule has 0 aliphatic rings. The summed E-state index contributed by atoms with van der Waals surface area (Å²) >= 11 is 8.37. The van der Waals surface area contributed by atoms with Gasteiger partial charge >= 0.3 is 356 Å². The fraction of sp³-hybridized carbons (Fsp3) is 0.714. The summed E-state index contributed by atoms with van der Waals surface area (Å²) < 4.78 is 20.0. The molecule has 0 amide bonds. The van der Waals surface area contributed by atoms with Gasteiger partial charge in [0.05, 0.1) is 7.57 Å². The number of hydrogen-bond acceptors (Lipinski definition) is 4. The van der Waals surface area contributed by atoms with Crippen LogP contribution in [-0.4, -0.2) is 54.0 Å². The maximum Gasteiger partial charge on any atom is 0.0708 e. The summed E-state index contributed by atoms with van der Waals surface area (Å²) in [6.45, 7) is 30.5. The Morgan fingerprint density at radius 3 is 0.773 bits per heavy atom. The smallest absolute Gasteiger partial charge is 0.0708 e. The second kappa shape index (κ2) is 35.6. The number of unbranched alkanes of at least 4 members (excludes halogenated alkanes) is 9. The average Bonchev–Trinajstić information content (AvgIpc) is 4.08. The van der Waals surface area contributed by atoms with Crippen LogP contribution in [0.25, 0.3) is 19.5 Å². The van der Waals surface area contributed by atoms with E-state index in [0.29, 0.717) is 0 Å². The molecule has 0 nitrogen and oxygen atoms in total. The van der Waals surface area contributed by atoms with Crippen molar-refractivity contribution >= 4 is 146 Å². The summed E-state index contributed by atoms with van der Waals surface area (Å²) in [6, 6.07) is 9.81. The Morgan fingerprint density at radius 2 is 0.561 bits per heavy atom. The third-order valence-corrected chi connectivity index (χ3v) is 71.3. The molecule has 66 heavy (non-hydrogen) atoms. The molecule has 0 unspecified atom stereocenters. The summed E-state index contributed by atoms with van der Waals surface area (Å²) in [5.41, 5.74) is 5.89. The van der Waals surface area contributed by atoms with Crippen molar-refractivity contribution in [3.05, 3.63) is 54.1 Å². The van der Waals surface area contributed by atoms with Crippen LogP contribution in [0.4, 0.5) is 0 Å². The zero-order chi connectivity index (χ0) is 49.2. The van der Waals surface area contributed by atoms with E-state index in [1.165, 1.54) is 157 Å². The van der Waals surface area contributed by atoms with E-state index >= 15 is 0 Å². The van der Waals surface area contributed by atoms with Gasteiger partial charge in [-0.3, -0.25) is 0 Å². The molecule has 0 atom stereocenters. The molecule has 4 rings (SSSR count). The van der Waals surface area contributed by atoms with Crippen molar-refractivity contribution in [1.29, 1.82) is 0 Å². The van der Waals surface area contributed by atoms with E-state index in [9.17, 15) is 0 Å². The van der Waals surface area contributed by atoms with Crippen LogP contribution in [0.15, 0.2) is 31.8 Å². The van der Waals surface area contributed by atoms with E-state index in [1.807, 2.05) is 5.79 Å². The molecule has 0 spiro atoms. The van der Waals surface area contributed by atoms with Gasteiger partial charge in [-0.1, -0.05) is 0 Å². The quantitative estimate of drug-likeness (QED) is 0.0441. The van der Waals surface area contributed by atoms with Crippen LogP contribution in [-0.2, 0) is 0 Å². The molecule has 0 saturated carbocycles. The molecule has 10 heteroatoms. The molecule has 4 heterocycles. The molecule has 0 N–H and O–H groups in total. The predicted molar refractivity (Wildman–Crippen MR) is 329 cm³/mol. The Labute approximate surface area is 458 Å². The zero-order valence-corrected chi connectivity index (χ0v) is 60.4. The Balaban J connectivity index is 0.000000431. The van der Waals surface area contributed by atoms with Crippen LogP contribution in [0, 0.1) is 27.7 Å².